The molecule has 0 amide bonds. The van der Waals surface area contributed by atoms with E-state index >= 15 is 0 Å². The van der Waals surface area contributed by atoms with E-state index in [0.29, 0.717) is 26.7 Å². The molecule has 0 aliphatic carbocycles. The van der Waals surface area contributed by atoms with Gasteiger partial charge in [0.2, 0.25) is 0 Å². The molecule has 0 unspecified atom stereocenters. The molecular formula is C46H43N5. The summed E-state index contributed by atoms with van der Waals surface area (Å²) < 4.78 is 0. The van der Waals surface area contributed by atoms with Crippen LogP contribution in [0.4, 0.5) is 39.8 Å². The smallest absolute Gasteiger partial charge is 0.0968 e. The quantitative estimate of drug-likeness (QED) is 0.101. The molecule has 0 aliphatic heterocycles. The second-order valence-corrected chi connectivity index (χ2v) is 12.4. The topological polar surface area (TPSA) is 16.2 Å². The Kier molecular flexibility index (Phi) is 10.9. The summed E-state index contributed by atoms with van der Waals surface area (Å²) in [5.41, 5.74) is 8.02. The third kappa shape index (κ3) is 8.59. The Bertz CT molecular complexity index is 1790. The van der Waals surface area contributed by atoms with E-state index in [9.17, 15) is 0 Å². The lowest BCUT2D eigenvalue weighted by molar-refractivity contribution is 0.683. The van der Waals surface area contributed by atoms with Gasteiger partial charge in [0.25, 0.3) is 0 Å². The van der Waals surface area contributed by atoms with Crippen molar-refractivity contribution in [2.75, 3.05) is 51.2 Å². The molecule has 0 saturated heterocycles. The molecular weight excluding hydrogens is 623 g/mol. The van der Waals surface area contributed by atoms with Crippen LogP contribution in [0.3, 0.4) is 0 Å². The summed E-state index contributed by atoms with van der Waals surface area (Å²) in [5, 5.41) is 0. The monoisotopic (exact) mass is 665 g/mol. The van der Waals surface area contributed by atoms with Crippen LogP contribution < -0.4 is 24.5 Å². The first-order valence-corrected chi connectivity index (χ1v) is 17.5. The minimum Gasteiger partial charge on any atom is -0.336 e. The first-order chi connectivity index (χ1) is 25.3. The lowest BCUT2D eigenvalue weighted by Gasteiger charge is -2.41. The van der Waals surface area contributed by atoms with E-state index in [1.165, 1.54) is 0 Å². The van der Waals surface area contributed by atoms with Crippen LogP contribution in [0.15, 0.2) is 212 Å². The van der Waals surface area contributed by atoms with Gasteiger partial charge in [0.15, 0.2) is 0 Å². The largest absolute Gasteiger partial charge is 0.336 e. The fraction of sp³-hybridized carbons (Fsp3) is 0.0870. The molecule has 0 aliphatic rings. The zero-order chi connectivity index (χ0) is 34.5. The summed E-state index contributed by atoms with van der Waals surface area (Å²) >= 11 is 0. The van der Waals surface area contributed by atoms with Gasteiger partial charge in [0, 0.05) is 39.8 Å². The Hall–Kier alpha value is -6.46. The molecule has 51 heavy (non-hydrogen) atoms. The molecule has 5 nitrogen and oxygen atoms in total. The van der Waals surface area contributed by atoms with Gasteiger partial charge in [0.1, 0.15) is 0 Å². The number of para-hydroxylation sites is 7. The highest BCUT2D eigenvalue weighted by atomic mass is 15.4. The fourth-order valence-electron chi connectivity index (χ4n) is 6.35. The van der Waals surface area contributed by atoms with Crippen molar-refractivity contribution in [1.29, 1.82) is 0 Å². The summed E-state index contributed by atoms with van der Waals surface area (Å²) in [6, 6.07) is 74.9. The van der Waals surface area contributed by atoms with E-state index in [-0.39, 0.29) is 0 Å². The molecule has 7 aromatic carbocycles. The normalized spacial score (nSPS) is 10.7. The lowest BCUT2D eigenvalue weighted by atomic mass is 10.2. The molecule has 0 heterocycles. The van der Waals surface area contributed by atoms with Crippen molar-refractivity contribution in [2.24, 2.45) is 0 Å². The fourth-order valence-corrected chi connectivity index (χ4v) is 6.35. The highest BCUT2D eigenvalue weighted by Gasteiger charge is 2.22. The SMILES string of the molecule is c1ccc(N(CN(CN(c2ccccc2)c2ccccc2)c2ccccc2)CN(CN(c2ccccc2)c2ccccc2)c2ccccc2)cc1. The molecule has 252 valence electrons. The Morgan fingerprint density at radius 3 is 0.588 bits per heavy atom. The molecule has 7 rings (SSSR count). The summed E-state index contributed by atoms with van der Waals surface area (Å²) in [6.07, 6.45) is 0. The number of rotatable bonds is 15. The van der Waals surface area contributed by atoms with Crippen molar-refractivity contribution in [3.63, 3.8) is 0 Å². The third-order valence-electron chi connectivity index (χ3n) is 8.94. The van der Waals surface area contributed by atoms with Crippen molar-refractivity contribution in [1.82, 2.24) is 0 Å². The highest BCUT2D eigenvalue weighted by Crippen LogP contribution is 2.30. The predicted molar refractivity (Wildman–Crippen MR) is 216 cm³/mol. The van der Waals surface area contributed by atoms with Gasteiger partial charge in [-0.05, 0) is 84.9 Å². The average Bonchev–Trinajstić information content (AvgIpc) is 3.22. The number of hydrogen-bond acceptors (Lipinski definition) is 5. The Labute approximate surface area is 302 Å². The molecule has 0 atom stereocenters. The van der Waals surface area contributed by atoms with Gasteiger partial charge in [-0.15, -0.1) is 0 Å². The maximum absolute atomic E-state index is 2.47. The molecule has 0 radical (unpaired) electrons. The molecule has 0 spiro atoms. The molecule has 0 aromatic heterocycles. The summed E-state index contributed by atoms with van der Waals surface area (Å²) in [7, 11) is 0. The van der Waals surface area contributed by atoms with Gasteiger partial charge < -0.3 is 24.5 Å². The van der Waals surface area contributed by atoms with Crippen LogP contribution in [-0.2, 0) is 0 Å². The average molecular weight is 666 g/mol. The molecule has 0 bridgehead atoms. The Morgan fingerprint density at radius 1 is 0.196 bits per heavy atom. The molecule has 0 saturated carbocycles. The maximum atomic E-state index is 2.47. The van der Waals surface area contributed by atoms with Crippen LogP contribution >= 0.6 is 0 Å². The van der Waals surface area contributed by atoms with Crippen molar-refractivity contribution in [3.05, 3.63) is 212 Å². The predicted octanol–water partition coefficient (Wildman–Crippen LogP) is 11.0. The maximum Gasteiger partial charge on any atom is 0.0968 e. The van der Waals surface area contributed by atoms with Crippen LogP contribution in [0.5, 0.6) is 0 Å². The lowest BCUT2D eigenvalue weighted by Crippen LogP contribution is -2.49. The standard InChI is InChI=1S/C46H43N5/c1-8-22-40(23-9-1)47(36-48(41-24-10-2-11-25-41)38-50(43-28-14-4-15-29-43)44-30-16-5-17-31-44)37-49(42-26-12-3-13-27-42)39-51(45-32-18-6-19-33-45)46-34-20-7-21-35-46/h1-35H,36-39H2. The van der Waals surface area contributed by atoms with Crippen LogP contribution in [-0.4, -0.2) is 26.7 Å². The summed E-state index contributed by atoms with van der Waals surface area (Å²) in [4.78, 5) is 12.2. The van der Waals surface area contributed by atoms with Gasteiger partial charge in [-0.2, -0.15) is 0 Å². The van der Waals surface area contributed by atoms with Crippen LogP contribution in [0.1, 0.15) is 0 Å². The van der Waals surface area contributed by atoms with Gasteiger partial charge in [-0.1, -0.05) is 127 Å². The van der Waals surface area contributed by atoms with Crippen LogP contribution in [0.2, 0.25) is 0 Å². The number of benzene rings is 7. The van der Waals surface area contributed by atoms with E-state index in [1.807, 2.05) is 0 Å². The van der Waals surface area contributed by atoms with E-state index < -0.39 is 0 Å². The van der Waals surface area contributed by atoms with Crippen molar-refractivity contribution in [2.45, 2.75) is 0 Å². The van der Waals surface area contributed by atoms with E-state index in [0.717, 1.165) is 39.8 Å². The zero-order valence-electron chi connectivity index (χ0n) is 28.8. The Balaban J connectivity index is 1.28. The van der Waals surface area contributed by atoms with Crippen molar-refractivity contribution < 1.29 is 0 Å². The van der Waals surface area contributed by atoms with Gasteiger partial charge in [0.05, 0.1) is 26.7 Å². The summed E-state index contributed by atoms with van der Waals surface area (Å²) in [6.45, 7) is 2.58. The first-order valence-electron chi connectivity index (χ1n) is 17.5. The minimum absolute atomic E-state index is 0.643. The first kappa shape index (κ1) is 33.1. The molecule has 0 N–H and O–H groups in total. The molecule has 7 aromatic rings. The molecule has 5 heteroatoms. The highest BCUT2D eigenvalue weighted by molar-refractivity contribution is 5.67. The number of anilines is 7. The second kappa shape index (κ2) is 16.8. The van der Waals surface area contributed by atoms with Crippen LogP contribution in [0.25, 0.3) is 0 Å². The van der Waals surface area contributed by atoms with E-state index in [1.54, 1.807) is 0 Å². The zero-order valence-corrected chi connectivity index (χ0v) is 28.8. The van der Waals surface area contributed by atoms with Crippen molar-refractivity contribution >= 4 is 39.8 Å². The van der Waals surface area contributed by atoms with Crippen molar-refractivity contribution in [3.8, 4) is 0 Å². The minimum atomic E-state index is 0.643. The van der Waals surface area contributed by atoms with Gasteiger partial charge in [-0.3, -0.25) is 0 Å². The van der Waals surface area contributed by atoms with E-state index in [4.69, 9.17) is 0 Å². The second-order valence-electron chi connectivity index (χ2n) is 12.4. The number of hydrogen-bond donors (Lipinski definition) is 0. The van der Waals surface area contributed by atoms with Gasteiger partial charge >= 0.3 is 0 Å². The third-order valence-corrected chi connectivity index (χ3v) is 8.94. The van der Waals surface area contributed by atoms with Crippen LogP contribution in [0, 0.1) is 0 Å². The van der Waals surface area contributed by atoms with Gasteiger partial charge in [-0.25, -0.2) is 0 Å². The van der Waals surface area contributed by atoms with E-state index in [2.05, 4.69) is 237 Å². The molecule has 0 fully saturated rings. The number of nitrogens with zero attached hydrogens (tertiary/aromatic N) is 5. The summed E-state index contributed by atoms with van der Waals surface area (Å²) in [5.74, 6) is 0. The Morgan fingerprint density at radius 2 is 0.373 bits per heavy atom.